The highest BCUT2D eigenvalue weighted by Crippen LogP contribution is 2.24. The molecule has 2 aromatic carbocycles. The molecule has 92 valence electrons. The van der Waals surface area contributed by atoms with Gasteiger partial charge in [0.15, 0.2) is 11.0 Å². The summed E-state index contributed by atoms with van der Waals surface area (Å²) >= 11 is 0. The second kappa shape index (κ2) is 3.54. The average molecular weight is 248 g/mol. The third-order valence-corrected chi connectivity index (χ3v) is 3.80. The van der Waals surface area contributed by atoms with Crippen LogP contribution in [0.25, 0.3) is 33.1 Å². The lowest BCUT2D eigenvalue weighted by Crippen LogP contribution is -2.31. The number of hydrogen-bond acceptors (Lipinski definition) is 1. The van der Waals surface area contributed by atoms with Gasteiger partial charge in [0.2, 0.25) is 0 Å². The Balaban J connectivity index is 2.34. The van der Waals surface area contributed by atoms with Crippen molar-refractivity contribution in [3.63, 3.8) is 0 Å². The maximum absolute atomic E-state index is 4.87. The number of fused-ring (bicyclic) bond motifs is 4. The molecule has 0 aliphatic heterocycles. The minimum atomic E-state index is 1.04. The fourth-order valence-corrected chi connectivity index (χ4v) is 2.76. The summed E-state index contributed by atoms with van der Waals surface area (Å²) < 4.78 is 2.19. The molecule has 0 atom stereocenters. The van der Waals surface area contributed by atoms with E-state index in [1.165, 1.54) is 10.9 Å². The van der Waals surface area contributed by atoms with E-state index in [0.717, 1.165) is 27.7 Å². The number of hydrogen-bond donors (Lipinski definition) is 1. The van der Waals surface area contributed by atoms with Crippen LogP contribution in [0.3, 0.4) is 0 Å². The molecule has 2 heterocycles. The van der Waals surface area contributed by atoms with E-state index >= 15 is 0 Å². The van der Waals surface area contributed by atoms with E-state index in [-0.39, 0.29) is 0 Å². The van der Waals surface area contributed by atoms with Crippen molar-refractivity contribution < 1.29 is 4.57 Å². The molecule has 0 saturated carbocycles. The molecule has 3 heteroatoms. The number of benzene rings is 2. The minimum absolute atomic E-state index is 1.04. The van der Waals surface area contributed by atoms with Crippen molar-refractivity contribution in [3.8, 4) is 0 Å². The van der Waals surface area contributed by atoms with Gasteiger partial charge in [-0.1, -0.05) is 24.3 Å². The SMILES string of the molecule is Cc1cccc2c1nc1c3ccccc3[nH]c1[n+]2C. The molecule has 1 N–H and O–H groups in total. The lowest BCUT2D eigenvalue weighted by atomic mass is 10.2. The molecule has 0 aliphatic carbocycles. The maximum atomic E-state index is 4.87. The summed E-state index contributed by atoms with van der Waals surface area (Å²) in [6, 6.07) is 14.6. The Morgan fingerprint density at radius 2 is 1.84 bits per heavy atom. The summed E-state index contributed by atoms with van der Waals surface area (Å²) in [5.41, 5.74) is 6.68. The second-order valence-electron chi connectivity index (χ2n) is 4.98. The second-order valence-corrected chi connectivity index (χ2v) is 4.98. The third-order valence-electron chi connectivity index (χ3n) is 3.80. The van der Waals surface area contributed by atoms with Crippen LogP contribution in [0.5, 0.6) is 0 Å². The summed E-state index contributed by atoms with van der Waals surface area (Å²) in [6.07, 6.45) is 0. The highest BCUT2D eigenvalue weighted by atomic mass is 15.0. The van der Waals surface area contributed by atoms with E-state index in [9.17, 15) is 0 Å². The Labute approximate surface area is 110 Å². The van der Waals surface area contributed by atoms with Crippen LogP contribution in [0.1, 0.15) is 5.56 Å². The van der Waals surface area contributed by atoms with Crippen LogP contribution in [0.15, 0.2) is 42.5 Å². The van der Waals surface area contributed by atoms with E-state index in [1.807, 2.05) is 6.07 Å². The molecule has 0 aliphatic rings. The van der Waals surface area contributed by atoms with Gasteiger partial charge >= 0.3 is 5.65 Å². The van der Waals surface area contributed by atoms with Crippen molar-refractivity contribution in [1.82, 2.24) is 9.97 Å². The molecule has 0 unspecified atom stereocenters. The van der Waals surface area contributed by atoms with E-state index in [4.69, 9.17) is 4.98 Å². The van der Waals surface area contributed by atoms with Crippen LogP contribution in [0.2, 0.25) is 0 Å². The van der Waals surface area contributed by atoms with E-state index in [1.54, 1.807) is 0 Å². The maximum Gasteiger partial charge on any atom is 0.306 e. The predicted octanol–water partition coefficient (Wildman–Crippen LogP) is 3.00. The average Bonchev–Trinajstić information content (AvgIpc) is 2.80. The predicted molar refractivity (Wildman–Crippen MR) is 77.0 cm³/mol. The zero-order valence-electron chi connectivity index (χ0n) is 10.9. The summed E-state index contributed by atoms with van der Waals surface area (Å²) in [6.45, 7) is 2.11. The standard InChI is InChI=1S/C16H13N3/c1-10-6-5-9-13-14(10)18-15-11-7-3-4-8-12(11)17-16(15)19(13)2/h3-9H,1-2H3/p+1. The minimum Gasteiger partial charge on any atom is -0.238 e. The first kappa shape index (κ1) is 10.5. The third kappa shape index (κ3) is 1.32. The smallest absolute Gasteiger partial charge is 0.238 e. The molecule has 4 rings (SSSR count). The van der Waals surface area contributed by atoms with Crippen LogP contribution in [0, 0.1) is 6.92 Å². The van der Waals surface area contributed by atoms with Crippen molar-refractivity contribution >= 4 is 33.1 Å². The van der Waals surface area contributed by atoms with Gasteiger partial charge in [-0.25, -0.2) is 14.5 Å². The van der Waals surface area contributed by atoms with Gasteiger partial charge in [-0.3, -0.25) is 0 Å². The van der Waals surface area contributed by atoms with Gasteiger partial charge in [0.05, 0.1) is 12.4 Å². The van der Waals surface area contributed by atoms with E-state index in [0.29, 0.717) is 0 Å². The number of aromatic amines is 1. The number of nitrogens with one attached hydrogen (secondary N) is 1. The molecule has 0 fully saturated rings. The van der Waals surface area contributed by atoms with Gasteiger partial charge in [-0.15, -0.1) is 0 Å². The lowest BCUT2D eigenvalue weighted by molar-refractivity contribution is -0.619. The topological polar surface area (TPSA) is 32.6 Å². The van der Waals surface area contributed by atoms with Crippen LogP contribution >= 0.6 is 0 Å². The summed E-state index contributed by atoms with van der Waals surface area (Å²) in [7, 11) is 2.08. The molecule has 4 aromatic rings. The summed E-state index contributed by atoms with van der Waals surface area (Å²) in [4.78, 5) is 8.33. The van der Waals surface area contributed by atoms with Crippen LogP contribution in [-0.2, 0) is 7.05 Å². The van der Waals surface area contributed by atoms with Crippen LogP contribution in [0.4, 0.5) is 0 Å². The molecule has 0 amide bonds. The number of rotatable bonds is 0. The molecular weight excluding hydrogens is 234 g/mol. The molecule has 0 bridgehead atoms. The molecule has 0 saturated heterocycles. The Bertz CT molecular complexity index is 935. The van der Waals surface area contributed by atoms with Gasteiger partial charge in [-0.2, -0.15) is 0 Å². The first-order chi connectivity index (χ1) is 9.25. The normalized spacial score (nSPS) is 11.7. The van der Waals surface area contributed by atoms with Crippen molar-refractivity contribution in [2.45, 2.75) is 6.92 Å². The lowest BCUT2D eigenvalue weighted by Gasteiger charge is -2.02. The van der Waals surface area contributed by atoms with Gasteiger partial charge in [-0.05, 0) is 30.7 Å². The molecule has 0 radical (unpaired) electrons. The summed E-state index contributed by atoms with van der Waals surface area (Å²) in [5, 5.41) is 1.18. The largest absolute Gasteiger partial charge is 0.306 e. The Kier molecular flexibility index (Phi) is 1.96. The zero-order chi connectivity index (χ0) is 13.0. The Hall–Kier alpha value is -2.42. The number of aryl methyl sites for hydroxylation is 2. The van der Waals surface area contributed by atoms with Crippen molar-refractivity contribution in [2.75, 3.05) is 0 Å². The van der Waals surface area contributed by atoms with Crippen LogP contribution in [-0.4, -0.2) is 9.97 Å². The highest BCUT2D eigenvalue weighted by Gasteiger charge is 2.17. The van der Waals surface area contributed by atoms with E-state index in [2.05, 4.69) is 59.9 Å². The van der Waals surface area contributed by atoms with Crippen molar-refractivity contribution in [2.24, 2.45) is 7.05 Å². The first-order valence-electron chi connectivity index (χ1n) is 6.41. The molecule has 2 aromatic heterocycles. The van der Waals surface area contributed by atoms with Gasteiger partial charge in [0.1, 0.15) is 11.0 Å². The first-order valence-corrected chi connectivity index (χ1v) is 6.41. The fraction of sp³-hybridized carbons (Fsp3) is 0.125. The number of nitrogens with zero attached hydrogens (tertiary/aromatic N) is 2. The van der Waals surface area contributed by atoms with Crippen molar-refractivity contribution in [3.05, 3.63) is 48.0 Å². The number of H-pyrrole nitrogens is 1. The number of para-hydroxylation sites is 2. The zero-order valence-corrected chi connectivity index (χ0v) is 10.9. The summed E-state index contributed by atoms with van der Waals surface area (Å²) in [5.74, 6) is 0. The quantitative estimate of drug-likeness (QED) is 0.477. The molecule has 19 heavy (non-hydrogen) atoms. The van der Waals surface area contributed by atoms with Gasteiger partial charge in [0, 0.05) is 0 Å². The van der Waals surface area contributed by atoms with E-state index < -0.39 is 0 Å². The molecular formula is C16H14N3+. The van der Waals surface area contributed by atoms with Gasteiger partial charge < -0.3 is 0 Å². The Morgan fingerprint density at radius 1 is 1.00 bits per heavy atom. The van der Waals surface area contributed by atoms with Crippen LogP contribution < -0.4 is 4.57 Å². The monoisotopic (exact) mass is 248 g/mol. The van der Waals surface area contributed by atoms with Gasteiger partial charge in [0.25, 0.3) is 0 Å². The molecule has 0 spiro atoms. The fourth-order valence-electron chi connectivity index (χ4n) is 2.76. The highest BCUT2D eigenvalue weighted by molar-refractivity contribution is 6.04. The van der Waals surface area contributed by atoms with Crippen molar-refractivity contribution in [1.29, 1.82) is 0 Å². The molecule has 3 nitrogen and oxygen atoms in total. The number of aromatic nitrogens is 3. The Morgan fingerprint density at radius 3 is 2.74 bits per heavy atom.